The number of benzene rings is 1. The van der Waals surface area contributed by atoms with Crippen LogP contribution in [-0.4, -0.2) is 7.05 Å². The van der Waals surface area contributed by atoms with Crippen LogP contribution in [0.3, 0.4) is 0 Å². The van der Waals surface area contributed by atoms with Gasteiger partial charge >= 0.3 is 0 Å². The van der Waals surface area contributed by atoms with Crippen molar-refractivity contribution in [1.29, 1.82) is 0 Å². The third-order valence-electron chi connectivity index (χ3n) is 1.26. The molecule has 68 valence electrons. The van der Waals surface area contributed by atoms with Gasteiger partial charge in [-0.1, -0.05) is 11.6 Å². The van der Waals surface area contributed by atoms with Crippen molar-refractivity contribution in [1.82, 2.24) is 0 Å². The van der Waals surface area contributed by atoms with Gasteiger partial charge in [-0.25, -0.2) is 4.39 Å². The Kier molecular flexibility index (Phi) is 4.90. The molecule has 0 aromatic heterocycles. The van der Waals surface area contributed by atoms with E-state index in [9.17, 15) is 4.39 Å². The standard InChI is InChI=1S/C7H6BrClFN.ClH/c1-11-7-5(8)2-4(9)3-6(7)10;/h2-3,11H,1H3;1H. The number of hydrogen-bond donors (Lipinski definition) is 1. The van der Waals surface area contributed by atoms with Crippen molar-refractivity contribution in [3.63, 3.8) is 0 Å². The molecule has 0 atom stereocenters. The van der Waals surface area contributed by atoms with Crippen LogP contribution < -0.4 is 5.32 Å². The van der Waals surface area contributed by atoms with Gasteiger partial charge in [-0.2, -0.15) is 0 Å². The zero-order valence-corrected chi connectivity index (χ0v) is 9.36. The Hall–Kier alpha value is 0.01000. The Bertz CT molecular complexity index is 257. The molecular weight excluding hydrogens is 268 g/mol. The highest BCUT2D eigenvalue weighted by atomic mass is 79.9. The largest absolute Gasteiger partial charge is 0.385 e. The van der Waals surface area contributed by atoms with Crippen molar-refractivity contribution in [2.24, 2.45) is 0 Å². The second-order valence-electron chi connectivity index (χ2n) is 1.99. The van der Waals surface area contributed by atoms with Crippen LogP contribution in [-0.2, 0) is 0 Å². The first-order valence-electron chi connectivity index (χ1n) is 2.97. The van der Waals surface area contributed by atoms with Gasteiger partial charge in [0, 0.05) is 16.5 Å². The van der Waals surface area contributed by atoms with Crippen molar-refractivity contribution >= 4 is 45.6 Å². The normalized spacial score (nSPS) is 9.00. The fourth-order valence-corrected chi connectivity index (χ4v) is 1.75. The number of hydrogen-bond acceptors (Lipinski definition) is 1. The van der Waals surface area contributed by atoms with Gasteiger partial charge in [0.25, 0.3) is 0 Å². The van der Waals surface area contributed by atoms with Crippen molar-refractivity contribution in [2.45, 2.75) is 0 Å². The van der Waals surface area contributed by atoms with Crippen LogP contribution >= 0.6 is 39.9 Å². The van der Waals surface area contributed by atoms with Gasteiger partial charge < -0.3 is 5.32 Å². The van der Waals surface area contributed by atoms with Crippen LogP contribution in [0.25, 0.3) is 0 Å². The monoisotopic (exact) mass is 273 g/mol. The van der Waals surface area contributed by atoms with Gasteiger partial charge in [0.05, 0.1) is 5.69 Å². The number of rotatable bonds is 1. The van der Waals surface area contributed by atoms with E-state index in [1.807, 2.05) is 0 Å². The summed E-state index contributed by atoms with van der Waals surface area (Å²) in [5, 5.41) is 3.09. The highest BCUT2D eigenvalue weighted by Gasteiger charge is 2.05. The summed E-state index contributed by atoms with van der Waals surface area (Å²) in [5.41, 5.74) is 0.425. The number of halogens is 4. The molecule has 0 aliphatic heterocycles. The predicted octanol–water partition coefficient (Wildman–Crippen LogP) is 3.71. The molecule has 1 aromatic carbocycles. The summed E-state index contributed by atoms with van der Waals surface area (Å²) in [6.07, 6.45) is 0. The molecule has 1 N–H and O–H groups in total. The zero-order valence-electron chi connectivity index (χ0n) is 6.20. The molecule has 1 aromatic rings. The van der Waals surface area contributed by atoms with Gasteiger partial charge in [-0.05, 0) is 28.1 Å². The number of nitrogens with one attached hydrogen (secondary N) is 1. The van der Waals surface area contributed by atoms with E-state index in [-0.39, 0.29) is 18.2 Å². The Labute approximate surface area is 89.8 Å². The Morgan fingerprint density at radius 1 is 1.50 bits per heavy atom. The highest BCUT2D eigenvalue weighted by molar-refractivity contribution is 9.10. The van der Waals surface area contributed by atoms with E-state index in [1.165, 1.54) is 6.07 Å². The molecule has 0 amide bonds. The van der Waals surface area contributed by atoms with Crippen LogP contribution in [0.4, 0.5) is 10.1 Å². The van der Waals surface area contributed by atoms with E-state index in [2.05, 4.69) is 21.2 Å². The molecule has 0 saturated carbocycles. The second-order valence-corrected chi connectivity index (χ2v) is 3.29. The Morgan fingerprint density at radius 3 is 2.50 bits per heavy atom. The molecule has 0 aliphatic rings. The minimum atomic E-state index is -0.355. The minimum Gasteiger partial charge on any atom is -0.385 e. The third-order valence-corrected chi connectivity index (χ3v) is 2.10. The predicted molar refractivity (Wildman–Crippen MR) is 55.9 cm³/mol. The molecule has 0 fully saturated rings. The summed E-state index contributed by atoms with van der Waals surface area (Å²) in [4.78, 5) is 0. The fraction of sp³-hybridized carbons (Fsp3) is 0.143. The lowest BCUT2D eigenvalue weighted by Gasteiger charge is -2.04. The molecule has 1 rings (SSSR count). The molecule has 0 unspecified atom stereocenters. The third kappa shape index (κ3) is 2.51. The van der Waals surface area contributed by atoms with Crippen LogP contribution in [0.5, 0.6) is 0 Å². The Morgan fingerprint density at radius 2 is 2.08 bits per heavy atom. The van der Waals surface area contributed by atoms with E-state index < -0.39 is 0 Å². The first-order valence-corrected chi connectivity index (χ1v) is 4.14. The molecule has 0 saturated heterocycles. The summed E-state index contributed by atoms with van der Waals surface area (Å²) in [5.74, 6) is -0.355. The molecule has 0 aliphatic carbocycles. The summed E-state index contributed by atoms with van der Waals surface area (Å²) in [6, 6.07) is 2.90. The summed E-state index contributed by atoms with van der Waals surface area (Å²) in [6.45, 7) is 0. The molecule has 1 nitrogen and oxygen atoms in total. The molecule has 0 spiro atoms. The van der Waals surface area contributed by atoms with Gasteiger partial charge in [0.2, 0.25) is 0 Å². The van der Waals surface area contributed by atoms with E-state index in [1.54, 1.807) is 13.1 Å². The topological polar surface area (TPSA) is 12.0 Å². The second kappa shape index (κ2) is 4.90. The molecule has 0 heterocycles. The van der Waals surface area contributed by atoms with Crippen LogP contribution in [0.15, 0.2) is 16.6 Å². The average Bonchev–Trinajstić information content (AvgIpc) is 1.85. The maximum Gasteiger partial charge on any atom is 0.148 e. The molecule has 12 heavy (non-hydrogen) atoms. The van der Waals surface area contributed by atoms with E-state index >= 15 is 0 Å². The van der Waals surface area contributed by atoms with Crippen molar-refractivity contribution < 1.29 is 4.39 Å². The number of anilines is 1. The van der Waals surface area contributed by atoms with Gasteiger partial charge in [0.15, 0.2) is 0 Å². The van der Waals surface area contributed by atoms with Crippen molar-refractivity contribution in [3.05, 3.63) is 27.4 Å². The zero-order chi connectivity index (χ0) is 8.43. The maximum atomic E-state index is 12.9. The first-order chi connectivity index (χ1) is 5.15. The minimum absolute atomic E-state index is 0. The Balaban J connectivity index is 0.00000121. The van der Waals surface area contributed by atoms with Crippen molar-refractivity contribution in [2.75, 3.05) is 12.4 Å². The van der Waals surface area contributed by atoms with Gasteiger partial charge in [-0.3, -0.25) is 0 Å². The molecule has 5 heteroatoms. The lowest BCUT2D eigenvalue weighted by molar-refractivity contribution is 0.630. The smallest absolute Gasteiger partial charge is 0.148 e. The summed E-state index contributed by atoms with van der Waals surface area (Å²) >= 11 is 8.75. The summed E-state index contributed by atoms with van der Waals surface area (Å²) < 4.78 is 13.6. The highest BCUT2D eigenvalue weighted by Crippen LogP contribution is 2.28. The quantitative estimate of drug-likeness (QED) is 0.823. The van der Waals surface area contributed by atoms with E-state index in [0.717, 1.165) is 0 Å². The van der Waals surface area contributed by atoms with Crippen LogP contribution in [0.1, 0.15) is 0 Å². The fourth-order valence-electron chi connectivity index (χ4n) is 0.781. The van der Waals surface area contributed by atoms with Crippen molar-refractivity contribution in [3.8, 4) is 0 Å². The molecular formula is C7H7BrCl2FN. The summed E-state index contributed by atoms with van der Waals surface area (Å²) in [7, 11) is 1.65. The lowest BCUT2D eigenvalue weighted by atomic mass is 10.3. The van der Waals surface area contributed by atoms with Crippen LogP contribution in [0.2, 0.25) is 5.02 Å². The van der Waals surface area contributed by atoms with Crippen LogP contribution in [0, 0.1) is 5.82 Å². The van der Waals surface area contributed by atoms with E-state index in [4.69, 9.17) is 11.6 Å². The lowest BCUT2D eigenvalue weighted by Crippen LogP contribution is -1.93. The van der Waals surface area contributed by atoms with Gasteiger partial charge in [-0.15, -0.1) is 12.4 Å². The SMILES string of the molecule is CNc1c(F)cc(Cl)cc1Br.Cl. The van der Waals surface area contributed by atoms with E-state index in [0.29, 0.717) is 15.2 Å². The van der Waals surface area contributed by atoms with Gasteiger partial charge in [0.1, 0.15) is 5.82 Å². The first kappa shape index (κ1) is 12.0. The average molecular weight is 275 g/mol. The molecule has 0 bridgehead atoms. The maximum absolute atomic E-state index is 12.9. The molecule has 0 radical (unpaired) electrons.